The Bertz CT molecular complexity index is 700. The molecule has 2 aromatic rings. The van der Waals surface area contributed by atoms with Crippen LogP contribution >= 0.6 is 0 Å². The van der Waals surface area contributed by atoms with Gasteiger partial charge in [-0.3, -0.25) is 14.5 Å². The Kier molecular flexibility index (Phi) is 4.46. The van der Waals surface area contributed by atoms with Crippen molar-refractivity contribution in [1.82, 2.24) is 4.90 Å². The minimum absolute atomic E-state index is 0.144. The van der Waals surface area contributed by atoms with E-state index in [1.807, 2.05) is 36.4 Å². The third-order valence-corrected chi connectivity index (χ3v) is 4.84. The van der Waals surface area contributed by atoms with Gasteiger partial charge in [0, 0.05) is 23.1 Å². The van der Waals surface area contributed by atoms with Gasteiger partial charge in [-0.2, -0.15) is 0 Å². The maximum absolute atomic E-state index is 12.8. The maximum Gasteiger partial charge on any atom is 0.261 e. The summed E-state index contributed by atoms with van der Waals surface area (Å²) in [5.74, 6) is 0.0933. The summed E-state index contributed by atoms with van der Waals surface area (Å²) in [5.41, 5.74) is 1.31. The van der Waals surface area contributed by atoms with E-state index in [1.54, 1.807) is 0 Å². The van der Waals surface area contributed by atoms with Crippen molar-refractivity contribution < 1.29 is 9.59 Å². The van der Waals surface area contributed by atoms with Gasteiger partial charge in [0.2, 0.25) is 0 Å². The molecule has 0 radical (unpaired) electrons. The van der Waals surface area contributed by atoms with Crippen LogP contribution in [0.2, 0.25) is 0 Å². The Morgan fingerprint density at radius 3 is 2.09 bits per heavy atom. The van der Waals surface area contributed by atoms with E-state index in [-0.39, 0.29) is 11.8 Å². The van der Waals surface area contributed by atoms with Gasteiger partial charge >= 0.3 is 0 Å². The summed E-state index contributed by atoms with van der Waals surface area (Å²) in [6, 6.07) is 11.4. The lowest BCUT2D eigenvalue weighted by molar-refractivity contribution is 0.0580. The van der Waals surface area contributed by atoms with Gasteiger partial charge in [0.05, 0.1) is 0 Å². The van der Waals surface area contributed by atoms with Crippen LogP contribution in [-0.2, 0) is 0 Å². The molecular weight excluding hydrogens is 286 g/mol. The predicted octanol–water partition coefficient (Wildman–Crippen LogP) is 4.65. The highest BCUT2D eigenvalue weighted by atomic mass is 16.2. The highest BCUT2D eigenvalue weighted by Crippen LogP contribution is 2.31. The van der Waals surface area contributed by atoms with Crippen molar-refractivity contribution >= 4 is 22.6 Å². The second-order valence-electron chi connectivity index (χ2n) is 6.35. The molecule has 3 heteroatoms. The van der Waals surface area contributed by atoms with Crippen LogP contribution in [0.5, 0.6) is 0 Å². The Morgan fingerprint density at radius 2 is 1.57 bits per heavy atom. The summed E-state index contributed by atoms with van der Waals surface area (Å²) in [5, 5.41) is 1.77. The highest BCUT2D eigenvalue weighted by molar-refractivity contribution is 6.25. The zero-order chi connectivity index (χ0) is 16.4. The zero-order valence-corrected chi connectivity index (χ0v) is 13.8. The van der Waals surface area contributed by atoms with Gasteiger partial charge in [-0.05, 0) is 29.9 Å². The molecule has 0 aromatic heterocycles. The molecule has 3 rings (SSSR count). The van der Waals surface area contributed by atoms with E-state index >= 15 is 0 Å². The van der Waals surface area contributed by atoms with Crippen molar-refractivity contribution in [2.45, 2.75) is 39.5 Å². The third kappa shape index (κ3) is 2.76. The minimum Gasteiger partial charge on any atom is -0.274 e. The largest absolute Gasteiger partial charge is 0.274 e. The van der Waals surface area contributed by atoms with Gasteiger partial charge in [-0.1, -0.05) is 57.4 Å². The molecule has 1 aliphatic rings. The number of imide groups is 1. The van der Waals surface area contributed by atoms with Crippen LogP contribution in [0.1, 0.15) is 60.2 Å². The number of unbranched alkanes of at least 4 members (excludes halogenated alkanes) is 1. The summed E-state index contributed by atoms with van der Waals surface area (Å²) in [4.78, 5) is 27.1. The van der Waals surface area contributed by atoms with Crippen molar-refractivity contribution in [3.05, 3.63) is 47.5 Å². The number of hydrogen-bond donors (Lipinski definition) is 0. The molecule has 0 fully saturated rings. The summed E-state index contributed by atoms with van der Waals surface area (Å²) in [6.45, 7) is 4.83. The van der Waals surface area contributed by atoms with E-state index in [1.165, 1.54) is 4.90 Å². The molecule has 1 atom stereocenters. The summed E-state index contributed by atoms with van der Waals surface area (Å²) < 4.78 is 0. The lowest BCUT2D eigenvalue weighted by Crippen LogP contribution is -2.43. The monoisotopic (exact) mass is 309 g/mol. The maximum atomic E-state index is 12.8. The molecule has 1 unspecified atom stereocenters. The first-order chi connectivity index (χ1) is 11.2. The van der Waals surface area contributed by atoms with E-state index < -0.39 is 0 Å². The summed E-state index contributed by atoms with van der Waals surface area (Å²) in [7, 11) is 0. The van der Waals surface area contributed by atoms with Gasteiger partial charge < -0.3 is 0 Å². The van der Waals surface area contributed by atoms with Gasteiger partial charge in [0.1, 0.15) is 0 Å². The van der Waals surface area contributed by atoms with Crippen molar-refractivity contribution in [3.63, 3.8) is 0 Å². The van der Waals surface area contributed by atoms with Crippen LogP contribution in [0, 0.1) is 5.92 Å². The lowest BCUT2D eigenvalue weighted by atomic mass is 9.92. The normalized spacial score (nSPS) is 15.3. The number of amides is 2. The highest BCUT2D eigenvalue weighted by Gasteiger charge is 2.33. The molecule has 0 saturated heterocycles. The fourth-order valence-corrected chi connectivity index (χ4v) is 3.42. The van der Waals surface area contributed by atoms with E-state index in [2.05, 4.69) is 13.8 Å². The van der Waals surface area contributed by atoms with Crippen molar-refractivity contribution in [2.24, 2.45) is 5.92 Å². The molecule has 120 valence electrons. The fourth-order valence-electron chi connectivity index (χ4n) is 3.42. The van der Waals surface area contributed by atoms with Crippen LogP contribution in [0.4, 0.5) is 0 Å². The summed E-state index contributed by atoms with van der Waals surface area (Å²) >= 11 is 0. The van der Waals surface area contributed by atoms with Crippen LogP contribution in [0.25, 0.3) is 10.8 Å². The zero-order valence-electron chi connectivity index (χ0n) is 13.8. The molecule has 0 spiro atoms. The summed E-state index contributed by atoms with van der Waals surface area (Å²) in [6.07, 6.45) is 4.33. The molecule has 1 heterocycles. The second kappa shape index (κ2) is 6.53. The molecule has 0 aliphatic carbocycles. The predicted molar refractivity (Wildman–Crippen MR) is 92.6 cm³/mol. The van der Waals surface area contributed by atoms with Gasteiger partial charge in [0.25, 0.3) is 11.8 Å². The molecular formula is C20H23NO2. The van der Waals surface area contributed by atoms with Gasteiger partial charge in [-0.15, -0.1) is 0 Å². The standard InChI is InChI=1S/C20H23NO2/c1-3-5-8-14(4-2)13-21-19(22)16-11-6-9-15-10-7-12-17(18(15)16)20(21)23/h6-7,9-12,14H,3-5,8,13H2,1-2H3. The molecule has 2 aromatic carbocycles. The van der Waals surface area contributed by atoms with E-state index in [0.717, 1.165) is 36.5 Å². The SMILES string of the molecule is CCCCC(CC)CN1C(=O)c2cccc3cccc(c23)C1=O. The number of benzene rings is 2. The molecule has 0 bridgehead atoms. The molecule has 2 amide bonds. The molecule has 0 N–H and O–H groups in total. The molecule has 23 heavy (non-hydrogen) atoms. The first kappa shape index (κ1) is 15.7. The molecule has 0 saturated carbocycles. The first-order valence-corrected chi connectivity index (χ1v) is 8.55. The Labute approximate surface area is 137 Å². The van der Waals surface area contributed by atoms with Crippen LogP contribution in [0.15, 0.2) is 36.4 Å². The van der Waals surface area contributed by atoms with Crippen molar-refractivity contribution in [3.8, 4) is 0 Å². The number of nitrogens with zero attached hydrogens (tertiary/aromatic N) is 1. The van der Waals surface area contributed by atoms with Crippen LogP contribution < -0.4 is 0 Å². The van der Waals surface area contributed by atoms with Crippen LogP contribution in [0.3, 0.4) is 0 Å². The van der Waals surface area contributed by atoms with E-state index in [4.69, 9.17) is 0 Å². The number of carbonyl (C=O) groups is 2. The fraction of sp³-hybridized carbons (Fsp3) is 0.400. The Balaban J connectivity index is 1.97. The smallest absolute Gasteiger partial charge is 0.261 e. The van der Waals surface area contributed by atoms with E-state index in [9.17, 15) is 9.59 Å². The second-order valence-corrected chi connectivity index (χ2v) is 6.35. The number of carbonyl (C=O) groups excluding carboxylic acids is 2. The average Bonchev–Trinajstić information content (AvgIpc) is 2.59. The Hall–Kier alpha value is -2.16. The number of rotatable bonds is 6. The van der Waals surface area contributed by atoms with Gasteiger partial charge in [-0.25, -0.2) is 0 Å². The quantitative estimate of drug-likeness (QED) is 0.728. The van der Waals surface area contributed by atoms with Crippen molar-refractivity contribution in [2.75, 3.05) is 6.54 Å². The van der Waals surface area contributed by atoms with Gasteiger partial charge in [0.15, 0.2) is 0 Å². The van der Waals surface area contributed by atoms with Crippen LogP contribution in [-0.4, -0.2) is 23.3 Å². The molecule has 1 aliphatic heterocycles. The topological polar surface area (TPSA) is 37.4 Å². The third-order valence-electron chi connectivity index (χ3n) is 4.84. The van der Waals surface area contributed by atoms with E-state index in [0.29, 0.717) is 23.6 Å². The van der Waals surface area contributed by atoms with Crippen molar-refractivity contribution in [1.29, 1.82) is 0 Å². The minimum atomic E-state index is -0.144. The molecule has 3 nitrogen and oxygen atoms in total. The Morgan fingerprint density at radius 1 is 0.957 bits per heavy atom. The number of hydrogen-bond acceptors (Lipinski definition) is 2. The lowest BCUT2D eigenvalue weighted by Gasteiger charge is -2.30. The average molecular weight is 309 g/mol. The first-order valence-electron chi connectivity index (χ1n) is 8.55.